The van der Waals surface area contributed by atoms with Crippen LogP contribution in [0.2, 0.25) is 12.1 Å². The summed E-state index contributed by atoms with van der Waals surface area (Å²) < 4.78 is 16.6. The number of hydrogen-bond acceptors (Lipinski definition) is 4. The minimum absolute atomic E-state index is 0.146. The lowest BCUT2D eigenvalue weighted by atomic mass is 9.98. The molecule has 2 unspecified atom stereocenters. The molecule has 0 amide bonds. The third-order valence-electron chi connectivity index (χ3n) is 3.73. The van der Waals surface area contributed by atoms with Gasteiger partial charge in [-0.25, -0.2) is 0 Å². The molecule has 0 spiro atoms. The maximum absolute atomic E-state index is 10.5. The summed E-state index contributed by atoms with van der Waals surface area (Å²) in [5.74, 6) is 0.273. The van der Waals surface area contributed by atoms with Gasteiger partial charge in [-0.05, 0) is 30.8 Å². The summed E-state index contributed by atoms with van der Waals surface area (Å²) in [6.45, 7) is 4.17. The van der Waals surface area contributed by atoms with Crippen LogP contribution < -0.4 is 0 Å². The molecular formula is C13H28O4Si. The minimum Gasteiger partial charge on any atom is -0.398 e. The fourth-order valence-corrected chi connectivity index (χ4v) is 4.51. The third-order valence-corrected chi connectivity index (χ3v) is 7.42. The average Bonchev–Trinajstić information content (AvgIpc) is 2.40. The lowest BCUT2D eigenvalue weighted by molar-refractivity contribution is -0.109. The van der Waals surface area contributed by atoms with Crippen molar-refractivity contribution in [3.63, 3.8) is 0 Å². The van der Waals surface area contributed by atoms with Gasteiger partial charge in [0.2, 0.25) is 0 Å². The van der Waals surface area contributed by atoms with E-state index < -0.39 is 8.56 Å². The summed E-state index contributed by atoms with van der Waals surface area (Å²) in [5, 5.41) is 0. The van der Waals surface area contributed by atoms with E-state index in [1.807, 2.05) is 0 Å². The van der Waals surface area contributed by atoms with Gasteiger partial charge in [0, 0.05) is 27.8 Å². The molecule has 108 valence electrons. The quantitative estimate of drug-likeness (QED) is 0.430. The van der Waals surface area contributed by atoms with Gasteiger partial charge in [0.25, 0.3) is 0 Å². The highest BCUT2D eigenvalue weighted by Gasteiger charge is 2.32. The van der Waals surface area contributed by atoms with Gasteiger partial charge >= 0.3 is 8.56 Å². The van der Waals surface area contributed by atoms with Gasteiger partial charge in [-0.1, -0.05) is 13.8 Å². The molecular weight excluding hydrogens is 248 g/mol. The average molecular weight is 276 g/mol. The summed E-state index contributed by atoms with van der Waals surface area (Å²) in [7, 11) is 3.21. The monoisotopic (exact) mass is 276 g/mol. The Kier molecular flexibility index (Phi) is 9.54. The maximum Gasteiger partial charge on any atom is 0.337 e. The van der Waals surface area contributed by atoms with Crippen LogP contribution >= 0.6 is 0 Å². The van der Waals surface area contributed by atoms with Gasteiger partial charge < -0.3 is 18.4 Å². The zero-order valence-electron chi connectivity index (χ0n) is 12.4. The molecule has 4 nitrogen and oxygen atoms in total. The molecule has 0 aromatic carbocycles. The topological polar surface area (TPSA) is 44.8 Å². The van der Waals surface area contributed by atoms with Crippen LogP contribution in [0.1, 0.15) is 33.1 Å². The summed E-state index contributed by atoms with van der Waals surface area (Å²) in [6.07, 6.45) is 3.64. The number of ether oxygens (including phenoxy) is 1. The smallest absolute Gasteiger partial charge is 0.337 e. The molecule has 2 atom stereocenters. The summed E-state index contributed by atoms with van der Waals surface area (Å²) in [6, 6.07) is 1.94. The van der Waals surface area contributed by atoms with Gasteiger partial charge in [0.1, 0.15) is 6.29 Å². The number of carbonyl (C=O) groups is 1. The fourth-order valence-electron chi connectivity index (χ4n) is 2.26. The molecule has 0 aliphatic carbocycles. The van der Waals surface area contributed by atoms with Crippen LogP contribution in [0, 0.1) is 5.92 Å². The number of carbonyl (C=O) groups excluding carboxylic acids is 1. The first-order chi connectivity index (χ1) is 8.59. The number of rotatable bonds is 11. The van der Waals surface area contributed by atoms with Gasteiger partial charge in [-0.15, -0.1) is 0 Å². The standard InChI is InChI=1S/C13H28O4Si/c1-6-18(16-4,17-5)11-7-8-13(15-3)12(2)9-10-14/h10,12-13H,6-9,11H2,1-5H3. The van der Waals surface area contributed by atoms with Gasteiger partial charge in [-0.3, -0.25) is 0 Å². The van der Waals surface area contributed by atoms with Crippen LogP contribution in [0.5, 0.6) is 0 Å². The van der Waals surface area contributed by atoms with E-state index in [0.29, 0.717) is 6.42 Å². The second kappa shape index (κ2) is 9.66. The Morgan fingerprint density at radius 1 is 1.22 bits per heavy atom. The second-order valence-electron chi connectivity index (χ2n) is 4.72. The molecule has 18 heavy (non-hydrogen) atoms. The van der Waals surface area contributed by atoms with Crippen LogP contribution in [0.3, 0.4) is 0 Å². The molecule has 0 aromatic heterocycles. The highest BCUT2D eigenvalue weighted by molar-refractivity contribution is 6.67. The molecule has 0 fully saturated rings. The van der Waals surface area contributed by atoms with Crippen molar-refractivity contribution in [1.29, 1.82) is 0 Å². The Balaban J connectivity index is 4.16. The predicted octanol–water partition coefficient (Wildman–Crippen LogP) is 2.76. The van der Waals surface area contributed by atoms with Crippen molar-refractivity contribution in [2.45, 2.75) is 51.3 Å². The van der Waals surface area contributed by atoms with Crippen molar-refractivity contribution in [2.24, 2.45) is 5.92 Å². The molecule has 0 aromatic rings. The molecule has 0 rings (SSSR count). The highest BCUT2D eigenvalue weighted by atomic mass is 28.4. The highest BCUT2D eigenvalue weighted by Crippen LogP contribution is 2.23. The number of methoxy groups -OCH3 is 1. The first-order valence-electron chi connectivity index (χ1n) is 6.65. The Bertz CT molecular complexity index is 211. The zero-order chi connectivity index (χ0) is 14.0. The Labute approximate surface area is 112 Å². The van der Waals surface area contributed by atoms with Crippen molar-refractivity contribution < 1.29 is 18.4 Å². The first kappa shape index (κ1) is 17.8. The van der Waals surface area contributed by atoms with Crippen LogP contribution in [0.25, 0.3) is 0 Å². The van der Waals surface area contributed by atoms with E-state index in [4.69, 9.17) is 13.6 Å². The normalized spacial score (nSPS) is 15.4. The maximum atomic E-state index is 10.5. The molecule has 0 N–H and O–H groups in total. The van der Waals surface area contributed by atoms with Crippen molar-refractivity contribution >= 4 is 14.8 Å². The van der Waals surface area contributed by atoms with Gasteiger partial charge in [-0.2, -0.15) is 0 Å². The van der Waals surface area contributed by atoms with Gasteiger partial charge in [0.15, 0.2) is 0 Å². The lowest BCUT2D eigenvalue weighted by Crippen LogP contribution is -2.39. The molecule has 0 heterocycles. The van der Waals surface area contributed by atoms with Crippen LogP contribution in [0.4, 0.5) is 0 Å². The molecule has 0 saturated carbocycles. The van der Waals surface area contributed by atoms with E-state index >= 15 is 0 Å². The van der Waals surface area contributed by atoms with Crippen LogP contribution in [0.15, 0.2) is 0 Å². The van der Waals surface area contributed by atoms with E-state index in [0.717, 1.165) is 31.2 Å². The van der Waals surface area contributed by atoms with E-state index in [1.165, 1.54) is 0 Å². The van der Waals surface area contributed by atoms with E-state index in [-0.39, 0.29) is 12.0 Å². The molecule has 5 heteroatoms. The second-order valence-corrected chi connectivity index (χ2v) is 8.56. The molecule has 0 saturated heterocycles. The van der Waals surface area contributed by atoms with E-state index in [9.17, 15) is 4.79 Å². The Morgan fingerprint density at radius 2 is 1.83 bits per heavy atom. The largest absolute Gasteiger partial charge is 0.398 e. The summed E-state index contributed by atoms with van der Waals surface area (Å²) in [5.41, 5.74) is 0. The Morgan fingerprint density at radius 3 is 2.22 bits per heavy atom. The van der Waals surface area contributed by atoms with Gasteiger partial charge in [0.05, 0.1) is 6.10 Å². The fraction of sp³-hybridized carbons (Fsp3) is 0.923. The summed E-state index contributed by atoms with van der Waals surface area (Å²) >= 11 is 0. The van der Waals surface area contributed by atoms with Crippen LogP contribution in [-0.4, -0.2) is 42.3 Å². The number of aldehydes is 1. The number of hydrogen-bond donors (Lipinski definition) is 0. The third kappa shape index (κ3) is 5.61. The SMILES string of the molecule is CC[Si](CCCC(OC)C(C)CC=O)(OC)OC. The molecule has 0 aliphatic heterocycles. The Hall–Kier alpha value is -0.233. The summed E-state index contributed by atoms with van der Waals surface area (Å²) in [4.78, 5) is 10.5. The predicted molar refractivity (Wildman–Crippen MR) is 74.9 cm³/mol. The zero-order valence-corrected chi connectivity index (χ0v) is 13.4. The first-order valence-corrected chi connectivity index (χ1v) is 8.88. The minimum atomic E-state index is -1.98. The lowest BCUT2D eigenvalue weighted by Gasteiger charge is -2.27. The molecule has 0 radical (unpaired) electrons. The van der Waals surface area contributed by atoms with Crippen LogP contribution in [-0.2, 0) is 18.4 Å². The molecule has 0 aliphatic rings. The van der Waals surface area contributed by atoms with E-state index in [2.05, 4.69) is 13.8 Å². The van der Waals surface area contributed by atoms with Crippen molar-refractivity contribution in [3.05, 3.63) is 0 Å². The van der Waals surface area contributed by atoms with E-state index in [1.54, 1.807) is 21.3 Å². The van der Waals surface area contributed by atoms with Crippen molar-refractivity contribution in [1.82, 2.24) is 0 Å². The molecule has 0 bridgehead atoms. The van der Waals surface area contributed by atoms with Crippen molar-refractivity contribution in [2.75, 3.05) is 21.3 Å². The van der Waals surface area contributed by atoms with Crippen molar-refractivity contribution in [3.8, 4) is 0 Å².